The van der Waals surface area contributed by atoms with E-state index in [1.54, 1.807) is 12.4 Å². The van der Waals surface area contributed by atoms with Crippen LogP contribution in [0.25, 0.3) is 0 Å². The van der Waals surface area contributed by atoms with E-state index in [0.717, 1.165) is 12.8 Å². The van der Waals surface area contributed by atoms with Crippen LogP contribution in [0.5, 0.6) is 0 Å². The largest absolute Gasteiger partial charge is 0.395 e. The summed E-state index contributed by atoms with van der Waals surface area (Å²) in [6, 6.07) is 0.446. The van der Waals surface area contributed by atoms with E-state index in [-0.39, 0.29) is 6.61 Å². The summed E-state index contributed by atoms with van der Waals surface area (Å²) in [6.45, 7) is 0.687. The number of anilines is 1. The van der Waals surface area contributed by atoms with Gasteiger partial charge in [-0.05, 0) is 12.8 Å². The van der Waals surface area contributed by atoms with Crippen molar-refractivity contribution < 1.29 is 5.11 Å². The standard InChI is InChI=1S/C11H16ClN3O/c12-10-11(14-6-5-13-10)15(7-8-16)9-3-1-2-4-9/h5-6,9,16H,1-4,7-8H2. The van der Waals surface area contributed by atoms with Crippen molar-refractivity contribution in [1.29, 1.82) is 0 Å². The Morgan fingerprint density at radius 3 is 2.62 bits per heavy atom. The molecule has 0 aliphatic heterocycles. The van der Waals surface area contributed by atoms with E-state index in [9.17, 15) is 0 Å². The number of halogens is 1. The zero-order valence-electron chi connectivity index (χ0n) is 9.14. The summed E-state index contributed by atoms with van der Waals surface area (Å²) in [5, 5.41) is 9.54. The average Bonchev–Trinajstić information content (AvgIpc) is 2.80. The van der Waals surface area contributed by atoms with E-state index in [2.05, 4.69) is 14.9 Å². The van der Waals surface area contributed by atoms with Crippen LogP contribution in [-0.2, 0) is 0 Å². The van der Waals surface area contributed by atoms with Gasteiger partial charge in [-0.2, -0.15) is 0 Å². The zero-order chi connectivity index (χ0) is 11.4. The molecule has 1 saturated carbocycles. The van der Waals surface area contributed by atoms with Crippen LogP contribution >= 0.6 is 11.6 Å². The van der Waals surface area contributed by atoms with Gasteiger partial charge in [-0.15, -0.1) is 0 Å². The van der Waals surface area contributed by atoms with E-state index in [4.69, 9.17) is 16.7 Å². The van der Waals surface area contributed by atoms with Gasteiger partial charge in [-0.25, -0.2) is 9.97 Å². The lowest BCUT2D eigenvalue weighted by Gasteiger charge is -2.29. The highest BCUT2D eigenvalue weighted by Gasteiger charge is 2.24. The summed E-state index contributed by atoms with van der Waals surface area (Å²) < 4.78 is 0. The number of nitrogens with zero attached hydrogens (tertiary/aromatic N) is 3. The van der Waals surface area contributed by atoms with Crippen LogP contribution < -0.4 is 4.90 Å². The molecule has 0 spiro atoms. The molecule has 1 heterocycles. The van der Waals surface area contributed by atoms with E-state index in [1.165, 1.54) is 12.8 Å². The summed E-state index contributed by atoms with van der Waals surface area (Å²) in [7, 11) is 0. The van der Waals surface area contributed by atoms with Gasteiger partial charge in [0, 0.05) is 25.0 Å². The molecule has 1 aromatic heterocycles. The van der Waals surface area contributed by atoms with E-state index in [0.29, 0.717) is 23.6 Å². The highest BCUT2D eigenvalue weighted by atomic mass is 35.5. The van der Waals surface area contributed by atoms with E-state index >= 15 is 0 Å². The fraction of sp³-hybridized carbons (Fsp3) is 0.636. The van der Waals surface area contributed by atoms with Crippen molar-refractivity contribution in [3.8, 4) is 0 Å². The van der Waals surface area contributed by atoms with Gasteiger partial charge in [0.05, 0.1) is 6.61 Å². The Morgan fingerprint density at radius 1 is 1.31 bits per heavy atom. The molecular formula is C11H16ClN3O. The number of hydrogen-bond donors (Lipinski definition) is 1. The monoisotopic (exact) mass is 241 g/mol. The summed E-state index contributed by atoms with van der Waals surface area (Å²) >= 11 is 6.04. The molecule has 0 unspecified atom stereocenters. The van der Waals surface area contributed by atoms with Crippen molar-refractivity contribution >= 4 is 17.4 Å². The van der Waals surface area contributed by atoms with E-state index < -0.39 is 0 Å². The highest BCUT2D eigenvalue weighted by molar-refractivity contribution is 6.31. The molecule has 0 saturated heterocycles. The molecule has 0 amide bonds. The van der Waals surface area contributed by atoms with Gasteiger partial charge >= 0.3 is 0 Å². The number of rotatable bonds is 4. The van der Waals surface area contributed by atoms with Gasteiger partial charge in [0.25, 0.3) is 0 Å². The molecule has 1 fully saturated rings. The number of hydrogen-bond acceptors (Lipinski definition) is 4. The normalized spacial score (nSPS) is 16.6. The second-order valence-corrected chi connectivity index (χ2v) is 4.38. The summed E-state index contributed by atoms with van der Waals surface area (Å²) in [5.74, 6) is 0.699. The van der Waals surface area contributed by atoms with Crippen molar-refractivity contribution in [2.45, 2.75) is 31.7 Å². The molecular weight excluding hydrogens is 226 g/mol. The quantitative estimate of drug-likeness (QED) is 0.875. The molecule has 0 aromatic carbocycles. The van der Waals surface area contributed by atoms with Gasteiger partial charge < -0.3 is 10.0 Å². The average molecular weight is 242 g/mol. The third kappa shape index (κ3) is 2.44. The first-order chi connectivity index (χ1) is 7.83. The lowest BCUT2D eigenvalue weighted by Crippen LogP contribution is -2.36. The third-order valence-corrected chi connectivity index (χ3v) is 3.28. The lowest BCUT2D eigenvalue weighted by molar-refractivity contribution is 0.297. The minimum absolute atomic E-state index is 0.114. The van der Waals surface area contributed by atoms with Crippen LogP contribution in [0.2, 0.25) is 5.15 Å². The molecule has 2 rings (SSSR count). The van der Waals surface area contributed by atoms with Crippen LogP contribution in [0.3, 0.4) is 0 Å². The molecule has 16 heavy (non-hydrogen) atoms. The van der Waals surface area contributed by atoms with Crippen molar-refractivity contribution in [1.82, 2.24) is 9.97 Å². The smallest absolute Gasteiger partial charge is 0.171 e. The molecule has 0 radical (unpaired) electrons. The van der Waals surface area contributed by atoms with Gasteiger partial charge in [0.15, 0.2) is 11.0 Å². The molecule has 1 aliphatic carbocycles. The first-order valence-electron chi connectivity index (χ1n) is 5.67. The van der Waals surface area contributed by atoms with Gasteiger partial charge in [0.2, 0.25) is 0 Å². The zero-order valence-corrected chi connectivity index (χ0v) is 9.90. The van der Waals surface area contributed by atoms with Crippen LogP contribution in [0.4, 0.5) is 5.82 Å². The van der Waals surface area contributed by atoms with Crippen molar-refractivity contribution in [3.05, 3.63) is 17.5 Å². The van der Waals surface area contributed by atoms with Crippen LogP contribution in [-0.4, -0.2) is 34.3 Å². The fourth-order valence-corrected chi connectivity index (χ4v) is 2.51. The maximum atomic E-state index is 9.12. The predicted octanol–water partition coefficient (Wildman–Crippen LogP) is 1.87. The van der Waals surface area contributed by atoms with E-state index in [1.807, 2.05) is 0 Å². The third-order valence-electron chi connectivity index (χ3n) is 3.01. The topological polar surface area (TPSA) is 49.2 Å². The second-order valence-electron chi connectivity index (χ2n) is 4.03. The van der Waals surface area contributed by atoms with Gasteiger partial charge in [-0.1, -0.05) is 24.4 Å². The van der Waals surface area contributed by atoms with Gasteiger partial charge in [0.1, 0.15) is 0 Å². The minimum atomic E-state index is 0.114. The first-order valence-corrected chi connectivity index (χ1v) is 6.04. The van der Waals surface area contributed by atoms with Crippen molar-refractivity contribution in [3.63, 3.8) is 0 Å². The number of aliphatic hydroxyl groups is 1. The lowest BCUT2D eigenvalue weighted by atomic mass is 10.2. The molecule has 1 N–H and O–H groups in total. The molecule has 0 bridgehead atoms. The van der Waals surface area contributed by atoms with Crippen LogP contribution in [0.1, 0.15) is 25.7 Å². The molecule has 5 heteroatoms. The van der Waals surface area contributed by atoms with Crippen LogP contribution in [0.15, 0.2) is 12.4 Å². The highest BCUT2D eigenvalue weighted by Crippen LogP contribution is 2.29. The second kappa shape index (κ2) is 5.46. The molecule has 0 atom stereocenters. The van der Waals surface area contributed by atoms with Crippen molar-refractivity contribution in [2.24, 2.45) is 0 Å². The fourth-order valence-electron chi connectivity index (χ4n) is 2.29. The van der Waals surface area contributed by atoms with Gasteiger partial charge in [-0.3, -0.25) is 0 Å². The Morgan fingerprint density at radius 2 is 2.00 bits per heavy atom. The maximum absolute atomic E-state index is 9.12. The summed E-state index contributed by atoms with van der Waals surface area (Å²) in [6.07, 6.45) is 7.99. The molecule has 1 aliphatic rings. The maximum Gasteiger partial charge on any atom is 0.171 e. The molecule has 88 valence electrons. The number of aromatic nitrogens is 2. The number of aliphatic hydroxyl groups excluding tert-OH is 1. The molecule has 1 aromatic rings. The Labute approximate surface area is 100 Å². The Hall–Kier alpha value is -0.870. The van der Waals surface area contributed by atoms with Crippen molar-refractivity contribution in [2.75, 3.05) is 18.1 Å². The Balaban J connectivity index is 2.21. The minimum Gasteiger partial charge on any atom is -0.395 e. The molecule has 4 nitrogen and oxygen atoms in total. The van der Waals surface area contributed by atoms with Crippen LogP contribution in [0, 0.1) is 0 Å². The predicted molar refractivity (Wildman–Crippen MR) is 63.7 cm³/mol. The Kier molecular flexibility index (Phi) is 3.96. The SMILES string of the molecule is OCCN(c1nccnc1Cl)C1CCCC1. The first kappa shape index (κ1) is 11.6. The summed E-state index contributed by atoms with van der Waals surface area (Å²) in [5.41, 5.74) is 0. The Bertz CT molecular complexity index is 342. The summed E-state index contributed by atoms with van der Waals surface area (Å²) in [4.78, 5) is 10.4.